The molecule has 15 heteroatoms. The maximum Gasteiger partial charge on any atom is 0.327 e. The van der Waals surface area contributed by atoms with Crippen molar-refractivity contribution >= 4 is 40.6 Å². The van der Waals surface area contributed by atoms with Crippen molar-refractivity contribution in [2.45, 2.75) is 37.8 Å². The second kappa shape index (κ2) is 10.3. The normalized spacial score (nSPS) is 21.3. The van der Waals surface area contributed by atoms with E-state index in [9.17, 15) is 28.4 Å². The lowest BCUT2D eigenvalue weighted by molar-refractivity contribution is -0.140. The second-order valence-electron chi connectivity index (χ2n) is 9.70. The summed E-state index contributed by atoms with van der Waals surface area (Å²) in [4.78, 5) is 66.2. The van der Waals surface area contributed by atoms with Gasteiger partial charge in [-0.2, -0.15) is 15.3 Å². The Kier molecular flexibility index (Phi) is 6.87. The third-order valence-electron chi connectivity index (χ3n) is 7.17. The molecule has 3 aromatic rings. The molecule has 208 valence electrons. The number of aromatic nitrogens is 4. The zero-order valence-corrected chi connectivity index (χ0v) is 21.7. The van der Waals surface area contributed by atoms with Gasteiger partial charge < -0.3 is 20.9 Å². The highest BCUT2D eigenvalue weighted by molar-refractivity contribution is 6.05. The Balaban J connectivity index is 1.37. The van der Waals surface area contributed by atoms with Gasteiger partial charge in [-0.15, -0.1) is 0 Å². The summed E-state index contributed by atoms with van der Waals surface area (Å²) in [7, 11) is 2.77. The van der Waals surface area contributed by atoms with E-state index >= 15 is 0 Å². The van der Waals surface area contributed by atoms with Gasteiger partial charge in [0.25, 0.3) is 5.91 Å². The maximum atomic E-state index is 14.5. The van der Waals surface area contributed by atoms with Crippen LogP contribution in [0.15, 0.2) is 36.7 Å². The maximum absolute atomic E-state index is 14.5. The molecule has 4 heterocycles. The molecule has 0 bridgehead atoms. The fourth-order valence-electron chi connectivity index (χ4n) is 4.97. The van der Waals surface area contributed by atoms with Crippen LogP contribution in [-0.2, 0) is 20.9 Å². The minimum Gasteiger partial charge on any atom is -0.364 e. The third kappa shape index (κ3) is 4.81. The van der Waals surface area contributed by atoms with E-state index in [1.54, 1.807) is 30.5 Å². The minimum absolute atomic E-state index is 0.0506. The van der Waals surface area contributed by atoms with Gasteiger partial charge in [-0.3, -0.25) is 28.8 Å². The number of nitrogens with zero attached hydrogens (tertiary/aromatic N) is 7. The number of fused-ring (bicyclic) bond motifs is 1. The summed E-state index contributed by atoms with van der Waals surface area (Å²) < 4.78 is 15.8. The molecule has 40 heavy (non-hydrogen) atoms. The van der Waals surface area contributed by atoms with Crippen LogP contribution in [0.4, 0.5) is 9.18 Å². The highest BCUT2D eigenvalue weighted by Crippen LogP contribution is 2.27. The van der Waals surface area contributed by atoms with Crippen LogP contribution in [-0.4, -0.2) is 103 Å². The van der Waals surface area contributed by atoms with Crippen molar-refractivity contribution in [3.05, 3.63) is 42.4 Å². The SMILES string of the molecule is CN1C(=O)CC(NC(=O)C2CC(F)CN2C(=O)Cn2nc(C(N)=O)c3cc(-c4ccnnc4)ccc32)N(C)C1=O. The number of urea groups is 1. The lowest BCUT2D eigenvalue weighted by Gasteiger charge is -2.37. The van der Waals surface area contributed by atoms with Crippen LogP contribution in [0.5, 0.6) is 0 Å². The van der Waals surface area contributed by atoms with Gasteiger partial charge in [0.05, 0.1) is 30.9 Å². The second-order valence-corrected chi connectivity index (χ2v) is 9.70. The van der Waals surface area contributed by atoms with Crippen molar-refractivity contribution in [1.82, 2.24) is 40.0 Å². The third-order valence-corrected chi connectivity index (χ3v) is 7.17. The highest BCUT2D eigenvalue weighted by Gasteiger charge is 2.42. The first kappa shape index (κ1) is 26.6. The highest BCUT2D eigenvalue weighted by atomic mass is 19.1. The largest absolute Gasteiger partial charge is 0.364 e. The standard InChI is InChI=1S/C25H26FN9O5/c1-32-19(9-20(36)33(2)25(32)40)30-24(39)18-8-15(26)11-34(18)21(37)12-35-17-4-3-13(14-5-6-28-29-10-14)7-16(17)22(31-35)23(27)38/h3-7,10,15,18-19H,8-9,11-12H2,1-2H3,(H2,27,38)(H,30,39). The molecule has 0 spiro atoms. The first-order valence-corrected chi connectivity index (χ1v) is 12.4. The molecular formula is C25H26FN9O5. The fourth-order valence-corrected chi connectivity index (χ4v) is 4.97. The smallest absolute Gasteiger partial charge is 0.327 e. The van der Waals surface area contributed by atoms with Crippen molar-refractivity contribution in [1.29, 1.82) is 0 Å². The Morgan fingerprint density at radius 3 is 2.60 bits per heavy atom. The van der Waals surface area contributed by atoms with Gasteiger partial charge in [0, 0.05) is 31.5 Å². The van der Waals surface area contributed by atoms with Gasteiger partial charge in [0.15, 0.2) is 5.69 Å². The molecule has 14 nitrogen and oxygen atoms in total. The number of imide groups is 1. The number of primary amides is 1. The first-order valence-electron chi connectivity index (χ1n) is 12.4. The number of amides is 6. The molecule has 1 aromatic carbocycles. The average Bonchev–Trinajstić information content (AvgIpc) is 3.51. The number of alkyl halides is 1. The molecule has 0 saturated carbocycles. The Morgan fingerprint density at radius 2 is 1.90 bits per heavy atom. The van der Waals surface area contributed by atoms with E-state index in [4.69, 9.17) is 5.73 Å². The van der Waals surface area contributed by atoms with E-state index in [-0.39, 0.29) is 31.6 Å². The number of carbonyl (C=O) groups excluding carboxylic acids is 5. The molecule has 6 amide bonds. The number of hydrogen-bond donors (Lipinski definition) is 2. The van der Waals surface area contributed by atoms with Crippen LogP contribution in [0.2, 0.25) is 0 Å². The molecule has 2 saturated heterocycles. The van der Waals surface area contributed by atoms with Gasteiger partial charge in [-0.25, -0.2) is 9.18 Å². The number of hydrogen-bond acceptors (Lipinski definition) is 8. The lowest BCUT2D eigenvalue weighted by Crippen LogP contribution is -2.61. The molecule has 2 fully saturated rings. The number of benzene rings is 1. The van der Waals surface area contributed by atoms with Crippen LogP contribution in [0.3, 0.4) is 0 Å². The van der Waals surface area contributed by atoms with Crippen LogP contribution < -0.4 is 11.1 Å². The van der Waals surface area contributed by atoms with E-state index in [0.29, 0.717) is 10.9 Å². The zero-order valence-electron chi connectivity index (χ0n) is 21.7. The Hall–Kier alpha value is -4.95. The van der Waals surface area contributed by atoms with Gasteiger partial charge in [-0.1, -0.05) is 6.07 Å². The average molecular weight is 552 g/mol. The lowest BCUT2D eigenvalue weighted by atomic mass is 10.0. The minimum atomic E-state index is -1.45. The Bertz CT molecular complexity index is 1530. The summed E-state index contributed by atoms with van der Waals surface area (Å²) in [5, 5.41) is 14.8. The van der Waals surface area contributed by atoms with E-state index in [0.717, 1.165) is 20.9 Å². The summed E-state index contributed by atoms with van der Waals surface area (Å²) in [5.41, 5.74) is 7.41. The predicted molar refractivity (Wildman–Crippen MR) is 137 cm³/mol. The van der Waals surface area contributed by atoms with Gasteiger partial charge in [0.2, 0.25) is 17.7 Å². The Labute approximate surface area is 226 Å². The summed E-state index contributed by atoms with van der Waals surface area (Å²) >= 11 is 0. The summed E-state index contributed by atoms with van der Waals surface area (Å²) in [5.74, 6) is -2.56. The first-order chi connectivity index (χ1) is 19.0. The molecule has 2 aromatic heterocycles. The summed E-state index contributed by atoms with van der Waals surface area (Å²) in [6.45, 7) is -0.708. The number of halogens is 1. The number of carbonyl (C=O) groups is 5. The number of nitrogens with two attached hydrogens (primary N) is 1. The molecule has 0 radical (unpaired) electrons. The molecule has 2 aliphatic heterocycles. The molecule has 5 rings (SSSR count). The van der Waals surface area contributed by atoms with E-state index in [1.165, 1.54) is 29.9 Å². The number of nitrogens with one attached hydrogen (secondary N) is 1. The topological polar surface area (TPSA) is 177 Å². The molecule has 2 aliphatic rings. The van der Waals surface area contributed by atoms with Crippen LogP contribution in [0, 0.1) is 0 Å². The van der Waals surface area contributed by atoms with Crippen molar-refractivity contribution in [2.24, 2.45) is 5.73 Å². The molecule has 3 N–H and O–H groups in total. The number of likely N-dealkylation sites (tertiary alicyclic amines) is 1. The van der Waals surface area contributed by atoms with E-state index in [2.05, 4.69) is 20.6 Å². The van der Waals surface area contributed by atoms with Gasteiger partial charge >= 0.3 is 6.03 Å². The molecule has 3 atom stereocenters. The van der Waals surface area contributed by atoms with Crippen LogP contribution >= 0.6 is 0 Å². The van der Waals surface area contributed by atoms with Crippen molar-refractivity contribution in [3.63, 3.8) is 0 Å². The molecule has 3 unspecified atom stereocenters. The predicted octanol–water partition coefficient (Wildman–Crippen LogP) is -0.113. The quantitative estimate of drug-likeness (QED) is 0.426. The Morgan fingerprint density at radius 1 is 1.12 bits per heavy atom. The van der Waals surface area contributed by atoms with E-state index < -0.39 is 48.0 Å². The van der Waals surface area contributed by atoms with Crippen LogP contribution in [0.25, 0.3) is 22.0 Å². The summed E-state index contributed by atoms with van der Waals surface area (Å²) in [6, 6.07) is 5.12. The van der Waals surface area contributed by atoms with E-state index in [1.807, 2.05) is 0 Å². The zero-order chi connectivity index (χ0) is 28.7. The van der Waals surface area contributed by atoms with Crippen molar-refractivity contribution < 1.29 is 28.4 Å². The fraction of sp³-hybridized carbons (Fsp3) is 0.360. The van der Waals surface area contributed by atoms with Crippen molar-refractivity contribution in [3.8, 4) is 11.1 Å². The molecular weight excluding hydrogens is 525 g/mol. The number of rotatable bonds is 6. The monoisotopic (exact) mass is 551 g/mol. The summed E-state index contributed by atoms with van der Waals surface area (Å²) in [6.07, 6.45) is 0.294. The van der Waals surface area contributed by atoms with Gasteiger partial charge in [-0.05, 0) is 23.8 Å². The van der Waals surface area contributed by atoms with Gasteiger partial charge in [0.1, 0.15) is 24.9 Å². The van der Waals surface area contributed by atoms with Crippen molar-refractivity contribution in [2.75, 3.05) is 20.6 Å². The molecule has 0 aliphatic carbocycles. The van der Waals surface area contributed by atoms with Crippen LogP contribution in [0.1, 0.15) is 23.3 Å².